The fraction of sp³-hybridized carbons (Fsp3) is 0.567. The topological polar surface area (TPSA) is 152 Å². The monoisotopic (exact) mass is 610 g/mol. The van der Waals surface area contributed by atoms with Gasteiger partial charge in [-0.2, -0.15) is 0 Å². The van der Waals surface area contributed by atoms with Crippen LogP contribution in [-0.2, 0) is 47.7 Å². The van der Waals surface area contributed by atoms with E-state index >= 15 is 0 Å². The molecule has 5 atom stereocenters. The zero-order valence-corrected chi connectivity index (χ0v) is 25.1. The highest BCUT2D eigenvalue weighted by molar-refractivity contribution is 6.29. The van der Waals surface area contributed by atoms with Crippen molar-refractivity contribution in [2.75, 3.05) is 13.2 Å². The summed E-state index contributed by atoms with van der Waals surface area (Å²) in [5.74, 6) is -2.78. The maximum atomic E-state index is 13.1. The maximum Gasteiger partial charge on any atom is 0.310 e. The molecule has 2 aliphatic heterocycles. The Bertz CT molecular complexity index is 1140. The van der Waals surface area contributed by atoms with Crippen molar-refractivity contribution in [1.82, 2.24) is 0 Å². The number of allylic oxidation sites excluding steroid dienone is 3. The van der Waals surface area contributed by atoms with Gasteiger partial charge in [0.15, 0.2) is 5.78 Å². The van der Waals surface area contributed by atoms with E-state index in [9.17, 15) is 29.1 Å². The number of fused-ring (bicyclic) bond motifs is 2. The summed E-state index contributed by atoms with van der Waals surface area (Å²) in [7, 11) is 0. The average molecular weight is 611 g/mol. The molecule has 5 unspecified atom stereocenters. The lowest BCUT2D eigenvalue weighted by Crippen LogP contribution is -2.37. The third kappa shape index (κ3) is 12.3. The first kappa shape index (κ1) is 34.9. The Labute approximate surface area is 250 Å². The molecular weight excluding hydrogens is 572 g/mol. The van der Waals surface area contributed by atoms with Gasteiger partial charge in [-0.25, -0.2) is 0 Å². The van der Waals surface area contributed by atoms with Gasteiger partial charge in [-0.3, -0.25) is 24.0 Å². The highest BCUT2D eigenvalue weighted by Gasteiger charge is 2.42. The van der Waals surface area contributed by atoms with Crippen LogP contribution in [0.15, 0.2) is 46.6 Å². The molecule has 0 aromatic carbocycles. The quantitative estimate of drug-likeness (QED) is 0.167. The first-order chi connectivity index (χ1) is 19.7. The Balaban J connectivity index is 2.22. The second-order valence-corrected chi connectivity index (χ2v) is 10.8. The number of rotatable bonds is 10. The fourth-order valence-electron chi connectivity index (χ4n) is 4.38. The molecule has 2 aliphatic rings. The molecule has 2 heterocycles. The summed E-state index contributed by atoms with van der Waals surface area (Å²) >= 11 is 6.41. The van der Waals surface area contributed by atoms with E-state index in [0.717, 1.165) is 0 Å². The third-order valence-corrected chi connectivity index (χ3v) is 6.90. The molecule has 0 amide bonds. The van der Waals surface area contributed by atoms with Crippen molar-refractivity contribution in [2.24, 2.45) is 0 Å². The van der Waals surface area contributed by atoms with Crippen molar-refractivity contribution in [1.29, 1.82) is 0 Å². The highest BCUT2D eigenvalue weighted by Crippen LogP contribution is 2.32. The molecule has 1 saturated heterocycles. The Morgan fingerprint density at radius 2 is 1.86 bits per heavy atom. The van der Waals surface area contributed by atoms with Crippen LogP contribution < -0.4 is 0 Å². The summed E-state index contributed by atoms with van der Waals surface area (Å²) in [6.45, 7) is 8.50. The lowest BCUT2D eigenvalue weighted by Gasteiger charge is -2.24. The smallest absolute Gasteiger partial charge is 0.310 e. The molecule has 2 bridgehead atoms. The van der Waals surface area contributed by atoms with Crippen LogP contribution in [0.1, 0.15) is 66.2 Å². The van der Waals surface area contributed by atoms with Gasteiger partial charge in [0, 0.05) is 36.4 Å². The van der Waals surface area contributed by atoms with E-state index < -0.39 is 48.3 Å². The molecule has 0 aromatic heterocycles. The lowest BCUT2D eigenvalue weighted by molar-refractivity contribution is -0.159. The van der Waals surface area contributed by atoms with E-state index in [1.807, 2.05) is 0 Å². The van der Waals surface area contributed by atoms with Gasteiger partial charge in [-0.1, -0.05) is 42.0 Å². The van der Waals surface area contributed by atoms with E-state index in [4.69, 9.17) is 35.3 Å². The predicted octanol–water partition coefficient (Wildman–Crippen LogP) is 3.56. The number of hydrogen-bond acceptors (Lipinski definition) is 11. The number of ether oxygens (including phenoxy) is 5. The largest absolute Gasteiger partial charge is 0.461 e. The van der Waals surface area contributed by atoms with Gasteiger partial charge in [0.1, 0.15) is 37.6 Å². The minimum absolute atomic E-state index is 0.148. The van der Waals surface area contributed by atoms with Crippen molar-refractivity contribution < 1.29 is 52.8 Å². The second kappa shape index (κ2) is 17.0. The first-order valence-electron chi connectivity index (χ1n) is 13.6. The molecule has 1 N–H and O–H groups in total. The zero-order valence-electron chi connectivity index (χ0n) is 24.4. The average Bonchev–Trinajstić information content (AvgIpc) is 3.28. The van der Waals surface area contributed by atoms with Crippen molar-refractivity contribution >= 4 is 41.3 Å². The normalized spacial score (nSPS) is 24.2. The van der Waals surface area contributed by atoms with Gasteiger partial charge >= 0.3 is 23.9 Å². The number of ketones is 1. The second-order valence-electron chi connectivity index (χ2n) is 10.3. The summed E-state index contributed by atoms with van der Waals surface area (Å²) in [4.78, 5) is 59.7. The van der Waals surface area contributed by atoms with Crippen LogP contribution >= 0.6 is 11.6 Å². The number of aliphatic hydroxyl groups excluding tert-OH is 1. The van der Waals surface area contributed by atoms with Crippen LogP contribution in [0.2, 0.25) is 0 Å². The SMILES string of the molecule is C=C(COC(=O)CC(C)=CC(O)C1OC2CCC(Cl)=CCC=C(COC(C)=O)C(OC(C)=O)CC(=O)OC1C2)C(C)=O. The van der Waals surface area contributed by atoms with E-state index in [0.29, 0.717) is 35.4 Å². The summed E-state index contributed by atoms with van der Waals surface area (Å²) in [5.41, 5.74) is 1.03. The van der Waals surface area contributed by atoms with Crippen molar-refractivity contribution in [3.63, 3.8) is 0 Å². The minimum atomic E-state index is -1.24. The fourth-order valence-corrected chi connectivity index (χ4v) is 4.58. The molecule has 0 aromatic rings. The van der Waals surface area contributed by atoms with Gasteiger partial charge in [-0.05, 0) is 33.1 Å². The molecule has 12 heteroatoms. The Kier molecular flexibility index (Phi) is 14.1. The van der Waals surface area contributed by atoms with Gasteiger partial charge in [0.25, 0.3) is 0 Å². The molecular formula is C30H39ClO11. The number of carbonyl (C=O) groups is 5. The van der Waals surface area contributed by atoms with Crippen LogP contribution in [0.4, 0.5) is 0 Å². The van der Waals surface area contributed by atoms with Crippen molar-refractivity contribution in [2.45, 2.75) is 96.7 Å². The predicted molar refractivity (Wildman–Crippen MR) is 151 cm³/mol. The van der Waals surface area contributed by atoms with Gasteiger partial charge < -0.3 is 28.8 Å². The number of halogens is 1. The van der Waals surface area contributed by atoms with Crippen LogP contribution in [0.3, 0.4) is 0 Å². The van der Waals surface area contributed by atoms with Gasteiger partial charge in [0.05, 0.1) is 18.9 Å². The van der Waals surface area contributed by atoms with E-state index in [1.165, 1.54) is 26.8 Å². The number of carbonyl (C=O) groups excluding carboxylic acids is 5. The summed E-state index contributed by atoms with van der Waals surface area (Å²) in [5, 5.41) is 11.6. The summed E-state index contributed by atoms with van der Waals surface area (Å²) < 4.78 is 27.3. The van der Waals surface area contributed by atoms with Gasteiger partial charge in [0.2, 0.25) is 0 Å². The van der Waals surface area contributed by atoms with E-state index in [2.05, 4.69) is 6.58 Å². The lowest BCUT2D eigenvalue weighted by atomic mass is 10.0. The van der Waals surface area contributed by atoms with Crippen molar-refractivity contribution in [3.05, 3.63) is 46.6 Å². The third-order valence-electron chi connectivity index (χ3n) is 6.55. The minimum Gasteiger partial charge on any atom is -0.461 e. The van der Waals surface area contributed by atoms with Crippen LogP contribution in [0.25, 0.3) is 0 Å². The molecule has 0 spiro atoms. The first-order valence-corrected chi connectivity index (χ1v) is 14.0. The summed E-state index contributed by atoms with van der Waals surface area (Å²) in [6, 6.07) is 0. The number of hydrogen-bond donors (Lipinski definition) is 1. The number of Topliss-reactive ketones (excluding diaryl/α,β-unsaturated/α-hetero) is 1. The number of esters is 4. The molecule has 0 radical (unpaired) electrons. The Morgan fingerprint density at radius 3 is 2.50 bits per heavy atom. The van der Waals surface area contributed by atoms with Crippen molar-refractivity contribution in [3.8, 4) is 0 Å². The highest BCUT2D eigenvalue weighted by atomic mass is 35.5. The Hall–Kier alpha value is -3.28. The van der Waals surface area contributed by atoms with Crippen LogP contribution in [0, 0.1) is 0 Å². The van der Waals surface area contributed by atoms with Crippen LogP contribution in [0.5, 0.6) is 0 Å². The standard InChI is InChI=1S/C30H39ClO11/c1-17(12-28(36)39-15-18(2)19(3)32)11-25(35)30-27-13-24(41-30)10-9-23(31)8-6-7-22(16-38-20(4)33)26(40-21(5)34)14-29(37)42-27/h7-8,11,24-27,30,35H,2,6,9-10,12-16H2,1,3-5H3. The molecule has 232 valence electrons. The van der Waals surface area contributed by atoms with Gasteiger partial charge in [-0.15, -0.1) is 0 Å². The molecule has 2 rings (SSSR count). The molecule has 11 nitrogen and oxygen atoms in total. The van der Waals surface area contributed by atoms with Crippen LogP contribution in [-0.4, -0.2) is 78.5 Å². The summed E-state index contributed by atoms with van der Waals surface area (Å²) in [6.07, 6.45) is 1.49. The van der Waals surface area contributed by atoms with E-state index in [1.54, 1.807) is 19.1 Å². The zero-order chi connectivity index (χ0) is 31.4. The van der Waals surface area contributed by atoms with E-state index in [-0.39, 0.29) is 49.9 Å². The molecule has 42 heavy (non-hydrogen) atoms. The molecule has 1 fully saturated rings. The molecule has 0 aliphatic carbocycles. The number of aliphatic hydroxyl groups is 1. The maximum absolute atomic E-state index is 13.1. The Morgan fingerprint density at radius 1 is 1.14 bits per heavy atom. The molecule has 0 saturated carbocycles.